The molecule has 0 aliphatic heterocycles. The fourth-order valence-electron chi connectivity index (χ4n) is 1.67. The summed E-state index contributed by atoms with van der Waals surface area (Å²) in [6.07, 6.45) is 1.40. The standard InChI is InChI=1S/C12H12FN5O2/c13-9-4-2-1-3-8(9)5-6-15-11-10(18(19)20)7-16-12(14)17-11/h1-4,7H,5-6H2,(H3,14,15,16,17). The Balaban J connectivity index is 2.06. The molecule has 0 amide bonds. The van der Waals surface area contributed by atoms with Crippen LogP contribution in [0.2, 0.25) is 0 Å². The van der Waals surface area contributed by atoms with Gasteiger partial charge in [-0.05, 0) is 18.1 Å². The van der Waals surface area contributed by atoms with Crippen LogP contribution in [-0.4, -0.2) is 21.4 Å². The first kappa shape index (κ1) is 13.7. The van der Waals surface area contributed by atoms with Crippen molar-refractivity contribution < 1.29 is 9.31 Å². The molecule has 3 N–H and O–H groups in total. The SMILES string of the molecule is Nc1ncc([N+](=O)[O-])c(NCCc2ccccc2F)n1. The molecule has 1 aromatic heterocycles. The summed E-state index contributed by atoms with van der Waals surface area (Å²) >= 11 is 0. The maximum absolute atomic E-state index is 13.4. The number of halogens is 1. The molecule has 7 nitrogen and oxygen atoms in total. The number of benzene rings is 1. The summed E-state index contributed by atoms with van der Waals surface area (Å²) < 4.78 is 13.4. The molecule has 0 bridgehead atoms. The van der Waals surface area contributed by atoms with Crippen LogP contribution in [0.15, 0.2) is 30.5 Å². The first-order valence-electron chi connectivity index (χ1n) is 5.82. The van der Waals surface area contributed by atoms with Crippen molar-refractivity contribution in [1.82, 2.24) is 9.97 Å². The van der Waals surface area contributed by atoms with Crippen LogP contribution in [0.4, 0.5) is 21.8 Å². The van der Waals surface area contributed by atoms with Gasteiger partial charge < -0.3 is 11.1 Å². The third-order valence-corrected chi connectivity index (χ3v) is 2.63. The highest BCUT2D eigenvalue weighted by Gasteiger charge is 2.16. The van der Waals surface area contributed by atoms with E-state index in [9.17, 15) is 14.5 Å². The Morgan fingerprint density at radius 3 is 2.85 bits per heavy atom. The van der Waals surface area contributed by atoms with Crippen LogP contribution in [0.1, 0.15) is 5.56 Å². The van der Waals surface area contributed by atoms with Gasteiger partial charge in [-0.15, -0.1) is 0 Å². The third kappa shape index (κ3) is 3.16. The molecule has 0 saturated heterocycles. The summed E-state index contributed by atoms with van der Waals surface area (Å²) in [7, 11) is 0. The Bertz CT molecular complexity index is 635. The van der Waals surface area contributed by atoms with Crippen molar-refractivity contribution in [2.24, 2.45) is 0 Å². The van der Waals surface area contributed by atoms with Gasteiger partial charge in [0.05, 0.1) is 4.92 Å². The first-order chi connectivity index (χ1) is 9.58. The summed E-state index contributed by atoms with van der Waals surface area (Å²) in [6.45, 7) is 0.290. The molecule has 1 heterocycles. The maximum Gasteiger partial charge on any atom is 0.329 e. The fourth-order valence-corrected chi connectivity index (χ4v) is 1.67. The number of nitrogen functional groups attached to an aromatic ring is 1. The predicted molar refractivity (Wildman–Crippen MR) is 71.7 cm³/mol. The van der Waals surface area contributed by atoms with Crippen molar-refractivity contribution in [3.63, 3.8) is 0 Å². The summed E-state index contributed by atoms with van der Waals surface area (Å²) in [5.41, 5.74) is 5.64. The maximum atomic E-state index is 13.4. The number of anilines is 2. The molecule has 0 atom stereocenters. The highest BCUT2D eigenvalue weighted by atomic mass is 19.1. The quantitative estimate of drug-likeness (QED) is 0.637. The second-order valence-electron chi connectivity index (χ2n) is 3.99. The second kappa shape index (κ2) is 5.91. The molecule has 8 heteroatoms. The van der Waals surface area contributed by atoms with Crippen LogP contribution in [-0.2, 0) is 6.42 Å². The molecule has 0 saturated carbocycles. The molecule has 0 fully saturated rings. The number of nitrogens with one attached hydrogen (secondary N) is 1. The van der Waals surface area contributed by atoms with Crippen LogP contribution in [0.3, 0.4) is 0 Å². The van der Waals surface area contributed by atoms with Crippen molar-refractivity contribution in [3.8, 4) is 0 Å². The highest BCUT2D eigenvalue weighted by molar-refractivity contribution is 5.56. The van der Waals surface area contributed by atoms with E-state index in [1.807, 2.05) is 0 Å². The van der Waals surface area contributed by atoms with Gasteiger partial charge in [-0.1, -0.05) is 18.2 Å². The van der Waals surface area contributed by atoms with Gasteiger partial charge in [0.15, 0.2) is 0 Å². The lowest BCUT2D eigenvalue weighted by molar-refractivity contribution is -0.384. The minimum Gasteiger partial charge on any atom is -0.368 e. The molecule has 1 aromatic carbocycles. The summed E-state index contributed by atoms with van der Waals surface area (Å²) in [4.78, 5) is 17.5. The van der Waals surface area contributed by atoms with Crippen molar-refractivity contribution in [1.29, 1.82) is 0 Å². The predicted octanol–water partition coefficient (Wildman–Crippen LogP) is 1.76. The second-order valence-corrected chi connectivity index (χ2v) is 3.99. The molecule has 0 aliphatic rings. The van der Waals surface area contributed by atoms with E-state index in [1.165, 1.54) is 6.07 Å². The average Bonchev–Trinajstić information content (AvgIpc) is 2.41. The van der Waals surface area contributed by atoms with Gasteiger partial charge in [0, 0.05) is 6.54 Å². The lowest BCUT2D eigenvalue weighted by Crippen LogP contribution is -2.11. The van der Waals surface area contributed by atoms with E-state index in [2.05, 4.69) is 15.3 Å². The normalized spacial score (nSPS) is 10.2. The van der Waals surface area contributed by atoms with Gasteiger partial charge in [-0.3, -0.25) is 10.1 Å². The number of nitrogens with zero attached hydrogens (tertiary/aromatic N) is 3. The summed E-state index contributed by atoms with van der Waals surface area (Å²) in [6, 6.07) is 6.34. The van der Waals surface area contributed by atoms with E-state index >= 15 is 0 Å². The highest BCUT2D eigenvalue weighted by Crippen LogP contribution is 2.21. The minimum absolute atomic E-state index is 0.0267. The average molecular weight is 277 g/mol. The van der Waals surface area contributed by atoms with Gasteiger partial charge in [0.1, 0.15) is 12.0 Å². The zero-order chi connectivity index (χ0) is 14.5. The summed E-state index contributed by atoms with van der Waals surface area (Å²) in [5.74, 6) is -0.353. The Labute approximate surface area is 113 Å². The minimum atomic E-state index is -0.606. The van der Waals surface area contributed by atoms with E-state index < -0.39 is 4.92 Å². The number of nitrogens with two attached hydrogens (primary N) is 1. The number of hydrogen-bond acceptors (Lipinski definition) is 6. The lowest BCUT2D eigenvalue weighted by Gasteiger charge is -2.07. The number of aromatic nitrogens is 2. The molecule has 0 aliphatic carbocycles. The molecular formula is C12H12FN5O2. The topological polar surface area (TPSA) is 107 Å². The molecule has 2 aromatic rings. The molecule has 0 spiro atoms. The van der Waals surface area contributed by atoms with Crippen LogP contribution >= 0.6 is 0 Å². The monoisotopic (exact) mass is 277 g/mol. The van der Waals surface area contributed by atoms with Crippen LogP contribution in [0.5, 0.6) is 0 Å². The number of nitro groups is 1. The third-order valence-electron chi connectivity index (χ3n) is 2.63. The fraction of sp³-hybridized carbons (Fsp3) is 0.167. The lowest BCUT2D eigenvalue weighted by atomic mass is 10.1. The molecule has 20 heavy (non-hydrogen) atoms. The Hall–Kier alpha value is -2.77. The van der Waals surface area contributed by atoms with E-state index in [1.54, 1.807) is 18.2 Å². The van der Waals surface area contributed by atoms with Crippen molar-refractivity contribution >= 4 is 17.5 Å². The summed E-state index contributed by atoms with van der Waals surface area (Å²) in [5, 5.41) is 13.6. The molecule has 104 valence electrons. The van der Waals surface area contributed by atoms with E-state index in [0.29, 0.717) is 12.0 Å². The van der Waals surface area contributed by atoms with Crippen molar-refractivity contribution in [3.05, 3.63) is 52.0 Å². The zero-order valence-corrected chi connectivity index (χ0v) is 10.4. The van der Waals surface area contributed by atoms with Gasteiger partial charge in [0.25, 0.3) is 0 Å². The van der Waals surface area contributed by atoms with Crippen LogP contribution in [0.25, 0.3) is 0 Å². The van der Waals surface area contributed by atoms with Crippen LogP contribution in [0, 0.1) is 15.9 Å². The first-order valence-corrected chi connectivity index (χ1v) is 5.82. The molecular weight excluding hydrogens is 265 g/mol. The van der Waals surface area contributed by atoms with Gasteiger partial charge in [-0.2, -0.15) is 4.98 Å². The van der Waals surface area contributed by atoms with Gasteiger partial charge >= 0.3 is 5.69 Å². The van der Waals surface area contributed by atoms with E-state index in [0.717, 1.165) is 6.20 Å². The van der Waals surface area contributed by atoms with E-state index in [4.69, 9.17) is 5.73 Å². The number of hydrogen-bond donors (Lipinski definition) is 2. The Morgan fingerprint density at radius 1 is 1.40 bits per heavy atom. The van der Waals surface area contributed by atoms with Crippen LogP contribution < -0.4 is 11.1 Å². The Morgan fingerprint density at radius 2 is 2.15 bits per heavy atom. The zero-order valence-electron chi connectivity index (χ0n) is 10.4. The number of rotatable bonds is 5. The van der Waals surface area contributed by atoms with Gasteiger partial charge in [0.2, 0.25) is 11.8 Å². The molecule has 2 rings (SSSR count). The molecule has 0 radical (unpaired) electrons. The van der Waals surface area contributed by atoms with E-state index in [-0.39, 0.29) is 29.8 Å². The van der Waals surface area contributed by atoms with Crippen molar-refractivity contribution in [2.45, 2.75) is 6.42 Å². The molecule has 0 unspecified atom stereocenters. The smallest absolute Gasteiger partial charge is 0.329 e. The van der Waals surface area contributed by atoms with Crippen molar-refractivity contribution in [2.75, 3.05) is 17.6 Å². The Kier molecular flexibility index (Phi) is 4.04. The largest absolute Gasteiger partial charge is 0.368 e. The van der Waals surface area contributed by atoms with Gasteiger partial charge in [-0.25, -0.2) is 9.37 Å².